The van der Waals surface area contributed by atoms with Crippen LogP contribution in [0.15, 0.2) is 83.7 Å². The van der Waals surface area contributed by atoms with Crippen LogP contribution in [0.1, 0.15) is 63.9 Å². The topological polar surface area (TPSA) is 64.4 Å². The van der Waals surface area contributed by atoms with E-state index in [0.29, 0.717) is 54.2 Å². The maximum Gasteiger partial charge on any atom is 0.266 e. The summed E-state index contributed by atoms with van der Waals surface area (Å²) in [5.41, 5.74) is 2.21. The summed E-state index contributed by atoms with van der Waals surface area (Å²) in [4.78, 5) is 34.5. The molecule has 4 rings (SSSR count). The Labute approximate surface area is 224 Å². The summed E-state index contributed by atoms with van der Waals surface area (Å²) >= 11 is 0. The highest BCUT2D eigenvalue weighted by atomic mass is 16.5. The largest absolute Gasteiger partial charge is 0.492 e. The first-order valence-corrected chi connectivity index (χ1v) is 13.6. The van der Waals surface area contributed by atoms with Crippen molar-refractivity contribution < 1.29 is 9.53 Å². The molecule has 0 radical (unpaired) electrons. The zero-order valence-electron chi connectivity index (χ0n) is 22.6. The number of unbranched alkanes of at least 4 members (excludes halogenated alkanes) is 2. The second-order valence-corrected chi connectivity index (χ2v) is 9.48. The van der Waals surface area contributed by atoms with Gasteiger partial charge in [-0.25, -0.2) is 4.98 Å². The number of nitrogens with zero attached hydrogens (tertiary/aromatic N) is 3. The Morgan fingerprint density at radius 1 is 0.947 bits per heavy atom. The number of aryl methyl sites for hydroxylation is 1. The van der Waals surface area contributed by atoms with Crippen LogP contribution in [0.4, 0.5) is 0 Å². The molecule has 0 spiro atoms. The first-order valence-electron chi connectivity index (χ1n) is 13.6. The highest BCUT2D eigenvalue weighted by Crippen LogP contribution is 2.28. The third-order valence-electron chi connectivity index (χ3n) is 6.84. The lowest BCUT2D eigenvalue weighted by Gasteiger charge is -2.31. The van der Waals surface area contributed by atoms with E-state index in [2.05, 4.69) is 6.92 Å². The van der Waals surface area contributed by atoms with Crippen molar-refractivity contribution in [1.82, 2.24) is 14.5 Å². The molecule has 198 valence electrons. The summed E-state index contributed by atoms with van der Waals surface area (Å²) in [6.07, 6.45) is 4.04. The molecule has 0 saturated heterocycles. The molecule has 0 aliphatic heterocycles. The van der Waals surface area contributed by atoms with Gasteiger partial charge in [-0.1, -0.05) is 74.4 Å². The van der Waals surface area contributed by atoms with Gasteiger partial charge in [-0.3, -0.25) is 14.2 Å². The Morgan fingerprint density at radius 2 is 1.66 bits per heavy atom. The van der Waals surface area contributed by atoms with Crippen molar-refractivity contribution >= 4 is 16.8 Å². The van der Waals surface area contributed by atoms with Crippen molar-refractivity contribution in [3.63, 3.8) is 0 Å². The van der Waals surface area contributed by atoms with Gasteiger partial charge >= 0.3 is 0 Å². The van der Waals surface area contributed by atoms with E-state index in [1.165, 1.54) is 0 Å². The first-order chi connectivity index (χ1) is 18.5. The maximum absolute atomic E-state index is 13.9. The molecule has 6 heteroatoms. The molecule has 3 aromatic carbocycles. The molecule has 0 aliphatic rings. The molecule has 0 bridgehead atoms. The van der Waals surface area contributed by atoms with Crippen LogP contribution in [0.2, 0.25) is 0 Å². The number of hydrogen-bond acceptors (Lipinski definition) is 4. The smallest absolute Gasteiger partial charge is 0.266 e. The van der Waals surface area contributed by atoms with Crippen LogP contribution in [0.25, 0.3) is 16.6 Å². The number of fused-ring (bicyclic) bond motifs is 1. The summed E-state index contributed by atoms with van der Waals surface area (Å²) in [7, 11) is 0. The van der Waals surface area contributed by atoms with Gasteiger partial charge in [-0.15, -0.1) is 0 Å². The third kappa shape index (κ3) is 6.13. The van der Waals surface area contributed by atoms with E-state index in [1.807, 2.05) is 91.5 Å². The zero-order valence-corrected chi connectivity index (χ0v) is 22.6. The number of carbonyl (C=O) groups is 1. The van der Waals surface area contributed by atoms with Crippen LogP contribution in [0.3, 0.4) is 0 Å². The molecule has 0 saturated carbocycles. The molecule has 1 amide bonds. The van der Waals surface area contributed by atoms with Crippen molar-refractivity contribution in [3.8, 4) is 11.4 Å². The van der Waals surface area contributed by atoms with Crippen molar-refractivity contribution in [2.24, 2.45) is 0 Å². The Kier molecular flexibility index (Phi) is 9.30. The third-order valence-corrected chi connectivity index (χ3v) is 6.84. The van der Waals surface area contributed by atoms with E-state index in [1.54, 1.807) is 10.6 Å². The van der Waals surface area contributed by atoms with E-state index in [0.717, 1.165) is 24.8 Å². The van der Waals surface area contributed by atoms with Crippen molar-refractivity contribution in [3.05, 3.63) is 101 Å². The summed E-state index contributed by atoms with van der Waals surface area (Å²) < 4.78 is 7.53. The average molecular weight is 512 g/mol. The number of hydrogen-bond donors (Lipinski definition) is 0. The minimum atomic E-state index is -0.415. The van der Waals surface area contributed by atoms with Gasteiger partial charge in [0.15, 0.2) is 0 Å². The molecule has 0 fully saturated rings. The fourth-order valence-electron chi connectivity index (χ4n) is 4.83. The quantitative estimate of drug-likeness (QED) is 0.204. The lowest BCUT2D eigenvalue weighted by molar-refractivity contribution is -0.133. The molecule has 1 atom stereocenters. The van der Waals surface area contributed by atoms with Gasteiger partial charge in [0.25, 0.3) is 5.56 Å². The molecule has 0 N–H and O–H groups in total. The predicted molar refractivity (Wildman–Crippen MR) is 153 cm³/mol. The minimum absolute atomic E-state index is 0.0597. The number of carbonyl (C=O) groups excluding carboxylic acids is 1. The average Bonchev–Trinajstić information content (AvgIpc) is 2.95. The number of rotatable bonds is 12. The van der Waals surface area contributed by atoms with Crippen LogP contribution in [-0.2, 0) is 11.2 Å². The second kappa shape index (κ2) is 13.0. The lowest BCUT2D eigenvalue weighted by Crippen LogP contribution is -2.38. The predicted octanol–water partition coefficient (Wildman–Crippen LogP) is 6.50. The molecule has 1 unspecified atom stereocenters. The summed E-state index contributed by atoms with van der Waals surface area (Å²) in [5, 5.41) is 0.530. The lowest BCUT2D eigenvalue weighted by atomic mass is 10.1. The molecule has 6 nitrogen and oxygen atoms in total. The van der Waals surface area contributed by atoms with Crippen molar-refractivity contribution in [2.45, 2.75) is 58.9 Å². The standard InChI is InChI=1S/C32H37N3O3/c1-4-6-14-23-34(30(36)22-21-25-15-8-7-9-16-25)24(3)31-33-27-18-11-10-17-26(27)32(37)35(31)28-19-12-13-20-29(28)38-5-2/h7-13,15-20,24H,4-6,14,21-23H2,1-3H3. The van der Waals surface area contributed by atoms with E-state index in [-0.39, 0.29) is 11.5 Å². The fraction of sp³-hybridized carbons (Fsp3) is 0.344. The second-order valence-electron chi connectivity index (χ2n) is 9.48. The molecule has 1 aromatic heterocycles. The van der Waals surface area contributed by atoms with Gasteiger partial charge in [0, 0.05) is 13.0 Å². The number of aromatic nitrogens is 2. The molecule has 4 aromatic rings. The Balaban J connectivity index is 1.80. The van der Waals surface area contributed by atoms with Crippen molar-refractivity contribution in [2.75, 3.05) is 13.2 Å². The molecular weight excluding hydrogens is 474 g/mol. The molecule has 0 aliphatic carbocycles. The van der Waals surface area contributed by atoms with Gasteiger partial charge < -0.3 is 9.64 Å². The fourth-order valence-corrected chi connectivity index (χ4v) is 4.83. The summed E-state index contributed by atoms with van der Waals surface area (Å²) in [5.74, 6) is 1.20. The van der Waals surface area contributed by atoms with Gasteiger partial charge in [0.05, 0.1) is 29.2 Å². The molecule has 38 heavy (non-hydrogen) atoms. The summed E-state index contributed by atoms with van der Waals surface area (Å²) in [6.45, 7) is 7.13. The van der Waals surface area contributed by atoms with Gasteiger partial charge in [0.1, 0.15) is 11.6 Å². The van der Waals surface area contributed by atoms with Gasteiger partial charge in [0.2, 0.25) is 5.91 Å². The zero-order chi connectivity index (χ0) is 26.9. The highest BCUT2D eigenvalue weighted by molar-refractivity contribution is 5.79. The van der Waals surface area contributed by atoms with E-state index >= 15 is 0 Å². The number of para-hydroxylation sites is 3. The van der Waals surface area contributed by atoms with E-state index in [9.17, 15) is 9.59 Å². The summed E-state index contributed by atoms with van der Waals surface area (Å²) in [6, 6.07) is 24.5. The van der Waals surface area contributed by atoms with Crippen LogP contribution in [0, 0.1) is 0 Å². The van der Waals surface area contributed by atoms with E-state index in [4.69, 9.17) is 9.72 Å². The Hall–Kier alpha value is -3.93. The van der Waals surface area contributed by atoms with Gasteiger partial charge in [-0.2, -0.15) is 0 Å². The van der Waals surface area contributed by atoms with Crippen LogP contribution in [0.5, 0.6) is 5.75 Å². The normalized spacial score (nSPS) is 11.9. The Bertz CT molecular complexity index is 1410. The van der Waals surface area contributed by atoms with Crippen molar-refractivity contribution in [1.29, 1.82) is 0 Å². The number of amides is 1. The number of benzene rings is 3. The highest BCUT2D eigenvalue weighted by Gasteiger charge is 2.27. The minimum Gasteiger partial charge on any atom is -0.492 e. The molecule has 1 heterocycles. The SMILES string of the molecule is CCCCCN(C(=O)CCc1ccccc1)C(C)c1nc2ccccc2c(=O)n1-c1ccccc1OCC. The first kappa shape index (κ1) is 27.1. The molecular formula is C32H37N3O3. The maximum atomic E-state index is 13.9. The Morgan fingerprint density at radius 3 is 2.42 bits per heavy atom. The number of ether oxygens (including phenoxy) is 1. The van der Waals surface area contributed by atoms with Crippen LogP contribution >= 0.6 is 0 Å². The van der Waals surface area contributed by atoms with Crippen LogP contribution < -0.4 is 10.3 Å². The van der Waals surface area contributed by atoms with Gasteiger partial charge in [-0.05, 0) is 56.5 Å². The van der Waals surface area contributed by atoms with Crippen LogP contribution in [-0.4, -0.2) is 33.5 Å². The van der Waals surface area contributed by atoms with E-state index < -0.39 is 6.04 Å². The monoisotopic (exact) mass is 511 g/mol.